The van der Waals surface area contributed by atoms with Crippen LogP contribution >= 0.6 is 0 Å². The maximum absolute atomic E-state index is 10.8. The van der Waals surface area contributed by atoms with Crippen LogP contribution in [-0.4, -0.2) is 15.7 Å². The number of hydrogen-bond donors (Lipinski definition) is 2. The first kappa shape index (κ1) is 12.4. The van der Waals surface area contributed by atoms with Gasteiger partial charge in [0, 0.05) is 24.5 Å². The maximum atomic E-state index is 10.8. The predicted molar refractivity (Wildman–Crippen MR) is 69.5 cm³/mol. The van der Waals surface area contributed by atoms with Crippen LogP contribution in [-0.2, 0) is 6.42 Å². The largest absolute Gasteiger partial charge is 0.398 e. The highest BCUT2D eigenvalue weighted by atomic mass is 16.3. The van der Waals surface area contributed by atoms with E-state index in [-0.39, 0.29) is 0 Å². The SMILES string of the molecule is CC1CCCC(O)(Cc2cnccc2N)C1C. The van der Waals surface area contributed by atoms with E-state index in [1.165, 1.54) is 6.42 Å². The molecule has 1 aromatic heterocycles. The Balaban J connectivity index is 2.19. The van der Waals surface area contributed by atoms with Crippen LogP contribution in [0.2, 0.25) is 0 Å². The number of rotatable bonds is 2. The van der Waals surface area contributed by atoms with Crippen LogP contribution in [0.3, 0.4) is 0 Å². The van der Waals surface area contributed by atoms with Gasteiger partial charge in [0.05, 0.1) is 5.60 Å². The Labute approximate surface area is 103 Å². The van der Waals surface area contributed by atoms with Crippen molar-refractivity contribution in [1.29, 1.82) is 0 Å². The van der Waals surface area contributed by atoms with Crippen LogP contribution < -0.4 is 5.73 Å². The van der Waals surface area contributed by atoms with Crippen molar-refractivity contribution in [2.24, 2.45) is 11.8 Å². The fraction of sp³-hybridized carbons (Fsp3) is 0.643. The first-order valence-electron chi connectivity index (χ1n) is 6.43. The van der Waals surface area contributed by atoms with Gasteiger partial charge in [-0.3, -0.25) is 4.98 Å². The van der Waals surface area contributed by atoms with E-state index in [2.05, 4.69) is 18.8 Å². The normalized spacial score (nSPS) is 33.6. The molecule has 3 nitrogen and oxygen atoms in total. The van der Waals surface area contributed by atoms with Gasteiger partial charge < -0.3 is 10.8 Å². The second-order valence-corrected chi connectivity index (χ2v) is 5.51. The molecule has 0 saturated heterocycles. The van der Waals surface area contributed by atoms with Crippen molar-refractivity contribution >= 4 is 5.69 Å². The molecule has 2 rings (SSSR count). The van der Waals surface area contributed by atoms with Gasteiger partial charge in [-0.05, 0) is 29.9 Å². The van der Waals surface area contributed by atoms with Gasteiger partial charge in [-0.15, -0.1) is 0 Å². The molecule has 1 saturated carbocycles. The molecular weight excluding hydrogens is 212 g/mol. The maximum Gasteiger partial charge on any atom is 0.0717 e. The molecule has 0 amide bonds. The van der Waals surface area contributed by atoms with Crippen LogP contribution in [0.15, 0.2) is 18.5 Å². The Hall–Kier alpha value is -1.09. The lowest BCUT2D eigenvalue weighted by Crippen LogP contribution is -2.44. The van der Waals surface area contributed by atoms with Crippen molar-refractivity contribution in [2.75, 3.05) is 5.73 Å². The summed E-state index contributed by atoms with van der Waals surface area (Å²) in [4.78, 5) is 4.10. The Bertz CT molecular complexity index is 394. The van der Waals surface area contributed by atoms with Crippen molar-refractivity contribution in [3.63, 3.8) is 0 Å². The van der Waals surface area contributed by atoms with Gasteiger partial charge in [-0.1, -0.05) is 26.7 Å². The highest BCUT2D eigenvalue weighted by molar-refractivity contribution is 5.45. The molecule has 17 heavy (non-hydrogen) atoms. The van der Waals surface area contributed by atoms with Gasteiger partial charge in [0.25, 0.3) is 0 Å². The highest BCUT2D eigenvalue weighted by Gasteiger charge is 2.39. The second-order valence-electron chi connectivity index (χ2n) is 5.51. The third-order valence-corrected chi connectivity index (χ3v) is 4.41. The van der Waals surface area contributed by atoms with Gasteiger partial charge in [0.2, 0.25) is 0 Å². The lowest BCUT2D eigenvalue weighted by Gasteiger charge is -2.42. The fourth-order valence-electron chi connectivity index (χ4n) is 2.90. The average molecular weight is 234 g/mol. The topological polar surface area (TPSA) is 59.1 Å². The minimum Gasteiger partial charge on any atom is -0.398 e. The number of hydrogen-bond acceptors (Lipinski definition) is 3. The zero-order chi connectivity index (χ0) is 12.5. The second kappa shape index (κ2) is 4.65. The van der Waals surface area contributed by atoms with Crippen molar-refractivity contribution in [3.8, 4) is 0 Å². The molecule has 94 valence electrons. The van der Waals surface area contributed by atoms with Crippen LogP contribution in [0.5, 0.6) is 0 Å². The number of aromatic nitrogens is 1. The van der Waals surface area contributed by atoms with Gasteiger partial charge >= 0.3 is 0 Å². The molecule has 0 aromatic carbocycles. The molecule has 1 aromatic rings. The molecular formula is C14H22N2O. The molecule has 0 radical (unpaired) electrons. The molecule has 3 heteroatoms. The Morgan fingerprint density at radius 2 is 2.29 bits per heavy atom. The Morgan fingerprint density at radius 3 is 3.00 bits per heavy atom. The van der Waals surface area contributed by atoms with E-state index in [1.807, 2.05) is 0 Å². The lowest BCUT2D eigenvalue weighted by molar-refractivity contribution is -0.0620. The van der Waals surface area contributed by atoms with Crippen LogP contribution in [0.1, 0.15) is 38.7 Å². The molecule has 3 N–H and O–H groups in total. The molecule has 0 aliphatic heterocycles. The first-order valence-corrected chi connectivity index (χ1v) is 6.43. The summed E-state index contributed by atoms with van der Waals surface area (Å²) in [6.07, 6.45) is 7.27. The van der Waals surface area contributed by atoms with Crippen LogP contribution in [0.25, 0.3) is 0 Å². The van der Waals surface area contributed by atoms with E-state index in [0.29, 0.717) is 18.3 Å². The number of nitrogen functional groups attached to an aromatic ring is 1. The molecule has 3 unspecified atom stereocenters. The molecule has 1 fully saturated rings. The van der Waals surface area contributed by atoms with Gasteiger partial charge in [-0.2, -0.15) is 0 Å². The minimum absolute atomic E-state index is 0.316. The summed E-state index contributed by atoms with van der Waals surface area (Å²) in [7, 11) is 0. The molecule has 3 atom stereocenters. The van der Waals surface area contributed by atoms with Crippen LogP contribution in [0.4, 0.5) is 5.69 Å². The van der Waals surface area contributed by atoms with E-state index in [9.17, 15) is 5.11 Å². The van der Waals surface area contributed by atoms with Gasteiger partial charge in [0.1, 0.15) is 0 Å². The van der Waals surface area contributed by atoms with E-state index >= 15 is 0 Å². The fourth-order valence-corrected chi connectivity index (χ4v) is 2.90. The minimum atomic E-state index is -0.616. The summed E-state index contributed by atoms with van der Waals surface area (Å²) in [5, 5.41) is 10.8. The van der Waals surface area contributed by atoms with Crippen molar-refractivity contribution in [2.45, 2.75) is 45.1 Å². The zero-order valence-corrected chi connectivity index (χ0v) is 10.7. The van der Waals surface area contributed by atoms with E-state index < -0.39 is 5.60 Å². The predicted octanol–water partition coefficient (Wildman–Crippen LogP) is 2.39. The summed E-state index contributed by atoms with van der Waals surface area (Å²) in [5.41, 5.74) is 7.01. The Kier molecular flexibility index (Phi) is 3.38. The number of aliphatic hydroxyl groups is 1. The summed E-state index contributed by atoms with van der Waals surface area (Å²) >= 11 is 0. The number of nitrogens with two attached hydrogens (primary N) is 1. The van der Waals surface area contributed by atoms with Gasteiger partial charge in [-0.25, -0.2) is 0 Å². The third-order valence-electron chi connectivity index (χ3n) is 4.41. The highest BCUT2D eigenvalue weighted by Crippen LogP contribution is 2.40. The van der Waals surface area contributed by atoms with E-state index in [0.717, 1.165) is 24.1 Å². The summed E-state index contributed by atoms with van der Waals surface area (Å²) in [6, 6.07) is 1.80. The van der Waals surface area contributed by atoms with Crippen molar-refractivity contribution in [1.82, 2.24) is 4.98 Å². The molecule has 1 heterocycles. The van der Waals surface area contributed by atoms with Crippen molar-refractivity contribution in [3.05, 3.63) is 24.0 Å². The number of pyridine rings is 1. The summed E-state index contributed by atoms with van der Waals surface area (Å²) in [5.74, 6) is 0.891. The van der Waals surface area contributed by atoms with E-state index in [4.69, 9.17) is 5.73 Å². The van der Waals surface area contributed by atoms with E-state index in [1.54, 1.807) is 18.5 Å². The first-order chi connectivity index (χ1) is 8.03. The number of nitrogens with zero attached hydrogens (tertiary/aromatic N) is 1. The lowest BCUT2D eigenvalue weighted by atomic mass is 9.68. The standard InChI is InChI=1S/C14H22N2O/c1-10-4-3-6-14(17,11(10)2)8-12-9-16-7-5-13(12)15/h5,7,9-11,17H,3-4,6,8H2,1-2H3,(H2,15,16). The smallest absolute Gasteiger partial charge is 0.0717 e. The monoisotopic (exact) mass is 234 g/mol. The third kappa shape index (κ3) is 2.44. The molecule has 0 bridgehead atoms. The molecule has 1 aliphatic rings. The summed E-state index contributed by atoms with van der Waals surface area (Å²) < 4.78 is 0. The van der Waals surface area contributed by atoms with Crippen LogP contribution in [0, 0.1) is 11.8 Å². The molecule has 0 spiro atoms. The summed E-state index contributed by atoms with van der Waals surface area (Å²) in [6.45, 7) is 4.37. The quantitative estimate of drug-likeness (QED) is 0.826. The van der Waals surface area contributed by atoms with Gasteiger partial charge in [0.15, 0.2) is 0 Å². The average Bonchev–Trinajstić information content (AvgIpc) is 2.29. The Morgan fingerprint density at radius 1 is 1.53 bits per heavy atom. The van der Waals surface area contributed by atoms with Crippen molar-refractivity contribution < 1.29 is 5.11 Å². The number of anilines is 1. The zero-order valence-electron chi connectivity index (χ0n) is 10.7. The molecule has 1 aliphatic carbocycles.